The van der Waals surface area contributed by atoms with Crippen LogP contribution in [-0.4, -0.2) is 44.0 Å². The van der Waals surface area contributed by atoms with Crippen molar-refractivity contribution in [3.63, 3.8) is 0 Å². The number of hydrogen-bond acceptors (Lipinski definition) is 7. The van der Waals surface area contributed by atoms with E-state index in [1.807, 2.05) is 13.8 Å². The monoisotopic (exact) mass is 453 g/mol. The Morgan fingerprint density at radius 1 is 1.21 bits per heavy atom. The lowest BCUT2D eigenvalue weighted by Crippen LogP contribution is -2.48. The number of ether oxygens (including phenoxy) is 2. The molecule has 3 atom stereocenters. The lowest BCUT2D eigenvalue weighted by Gasteiger charge is -2.38. The van der Waals surface area contributed by atoms with Crippen LogP contribution < -0.4 is 11.1 Å². The minimum Gasteiger partial charge on any atom is -0.465 e. The van der Waals surface area contributed by atoms with E-state index in [4.69, 9.17) is 15.2 Å². The van der Waals surface area contributed by atoms with Crippen molar-refractivity contribution in [3.8, 4) is 6.07 Å². The number of amides is 1. The fourth-order valence-electron chi connectivity index (χ4n) is 4.51. The Morgan fingerprint density at radius 3 is 2.67 bits per heavy atom. The van der Waals surface area contributed by atoms with Gasteiger partial charge in [0, 0.05) is 43.2 Å². The van der Waals surface area contributed by atoms with E-state index in [1.165, 1.54) is 0 Å². The molecule has 1 aromatic carbocycles. The third-order valence-corrected chi connectivity index (χ3v) is 6.29. The second-order valence-electron chi connectivity index (χ2n) is 8.79. The second kappa shape index (κ2) is 11.2. The van der Waals surface area contributed by atoms with Gasteiger partial charge in [0.15, 0.2) is 5.78 Å². The van der Waals surface area contributed by atoms with Crippen LogP contribution in [0.3, 0.4) is 0 Å². The highest BCUT2D eigenvalue weighted by Gasteiger charge is 2.48. The number of rotatable bonds is 9. The Balaban J connectivity index is 1.94. The van der Waals surface area contributed by atoms with E-state index in [1.54, 1.807) is 24.3 Å². The number of nitrogens with two attached hydrogens (primary N) is 1. The molecule has 0 bridgehead atoms. The smallest absolute Gasteiger partial charge is 0.319 e. The van der Waals surface area contributed by atoms with Crippen molar-refractivity contribution in [2.45, 2.75) is 39.0 Å². The van der Waals surface area contributed by atoms with Gasteiger partial charge in [-0.1, -0.05) is 32.0 Å². The average Bonchev–Trinajstić information content (AvgIpc) is 2.80. The summed E-state index contributed by atoms with van der Waals surface area (Å²) in [6.07, 6.45) is 1.36. The van der Waals surface area contributed by atoms with Crippen molar-refractivity contribution in [2.75, 3.05) is 26.4 Å². The summed E-state index contributed by atoms with van der Waals surface area (Å²) in [7, 11) is 0. The molecule has 2 aliphatic rings. The van der Waals surface area contributed by atoms with E-state index in [2.05, 4.69) is 11.4 Å². The largest absolute Gasteiger partial charge is 0.465 e. The van der Waals surface area contributed by atoms with E-state index in [0.29, 0.717) is 61.4 Å². The molecule has 0 spiro atoms. The van der Waals surface area contributed by atoms with Crippen molar-refractivity contribution in [3.05, 3.63) is 46.7 Å². The van der Waals surface area contributed by atoms with Gasteiger partial charge in [-0.05, 0) is 29.9 Å². The molecule has 0 saturated heterocycles. The highest BCUT2D eigenvalue weighted by molar-refractivity contribution is 6.08. The van der Waals surface area contributed by atoms with Crippen molar-refractivity contribution in [1.29, 1.82) is 5.26 Å². The Morgan fingerprint density at radius 2 is 1.97 bits per heavy atom. The quantitative estimate of drug-likeness (QED) is 0.333. The zero-order valence-electron chi connectivity index (χ0n) is 19.1. The number of Topliss-reactive ketones (excluding diaryl/α,β-unsaturated/α-hetero) is 1. The van der Waals surface area contributed by atoms with E-state index in [-0.39, 0.29) is 24.2 Å². The van der Waals surface area contributed by atoms with E-state index >= 15 is 0 Å². The minimum atomic E-state index is -1.25. The highest BCUT2D eigenvalue weighted by Crippen LogP contribution is 2.45. The molecule has 0 fully saturated rings. The molecule has 3 rings (SSSR count). The third-order valence-electron chi connectivity index (χ3n) is 6.29. The predicted octanol–water partition coefficient (Wildman–Crippen LogP) is 2.19. The van der Waals surface area contributed by atoms with Crippen molar-refractivity contribution >= 4 is 17.7 Å². The van der Waals surface area contributed by atoms with Crippen LogP contribution in [0.15, 0.2) is 35.5 Å². The number of nitriles is 1. The highest BCUT2D eigenvalue weighted by atomic mass is 16.5. The van der Waals surface area contributed by atoms with E-state index < -0.39 is 23.7 Å². The van der Waals surface area contributed by atoms with Gasteiger partial charge in [0.1, 0.15) is 5.92 Å². The number of carbonyl (C=O) groups is 3. The van der Waals surface area contributed by atoms with Gasteiger partial charge in [-0.15, -0.1) is 0 Å². The van der Waals surface area contributed by atoms with Crippen molar-refractivity contribution in [1.82, 2.24) is 5.32 Å². The first-order valence-electron chi connectivity index (χ1n) is 11.4. The van der Waals surface area contributed by atoms with Gasteiger partial charge in [-0.3, -0.25) is 14.4 Å². The van der Waals surface area contributed by atoms with E-state index in [0.717, 1.165) is 0 Å². The fourth-order valence-corrected chi connectivity index (χ4v) is 4.51. The summed E-state index contributed by atoms with van der Waals surface area (Å²) in [6, 6.07) is 8.92. The third kappa shape index (κ3) is 5.49. The Labute approximate surface area is 194 Å². The molecule has 8 heteroatoms. The second-order valence-corrected chi connectivity index (χ2v) is 8.79. The summed E-state index contributed by atoms with van der Waals surface area (Å²) in [5.74, 6) is -3.04. The normalized spacial score (nSPS) is 22.6. The molecule has 0 radical (unpaired) electrons. The maximum Gasteiger partial charge on any atom is 0.319 e. The van der Waals surface area contributed by atoms with Gasteiger partial charge in [0.05, 0.1) is 24.8 Å². The van der Waals surface area contributed by atoms with Gasteiger partial charge in [0.2, 0.25) is 5.91 Å². The van der Waals surface area contributed by atoms with Gasteiger partial charge in [0.25, 0.3) is 0 Å². The van der Waals surface area contributed by atoms with Gasteiger partial charge in [-0.25, -0.2) is 0 Å². The molecule has 0 saturated carbocycles. The van der Waals surface area contributed by atoms with Crippen molar-refractivity contribution in [2.24, 2.45) is 23.5 Å². The number of esters is 1. The molecule has 1 aromatic rings. The van der Waals surface area contributed by atoms with Crippen LogP contribution in [-0.2, 0) is 23.9 Å². The van der Waals surface area contributed by atoms with Crippen molar-refractivity contribution < 1.29 is 23.9 Å². The molecule has 1 aliphatic heterocycles. The number of allylic oxidation sites excluding steroid dienone is 2. The topological polar surface area (TPSA) is 132 Å². The summed E-state index contributed by atoms with van der Waals surface area (Å²) < 4.78 is 10.7. The van der Waals surface area contributed by atoms with Gasteiger partial charge < -0.3 is 20.5 Å². The zero-order valence-corrected chi connectivity index (χ0v) is 19.1. The van der Waals surface area contributed by atoms with Crippen LogP contribution in [0, 0.1) is 29.1 Å². The fraction of sp³-hybridized carbons (Fsp3) is 0.520. The SMILES string of the molecule is CC(C)C1CC(=O)C2=C(C1)NC(=O)C(C(=O)OCCCOCCN)C2c1ccccc1C#N. The van der Waals surface area contributed by atoms with Crippen LogP contribution in [0.5, 0.6) is 0 Å². The first kappa shape index (κ1) is 24.6. The number of carbonyl (C=O) groups excluding carboxylic acids is 3. The Kier molecular flexibility index (Phi) is 8.37. The lowest BCUT2D eigenvalue weighted by atomic mass is 9.68. The summed E-state index contributed by atoms with van der Waals surface area (Å²) in [5, 5.41) is 12.5. The standard InChI is InChI=1S/C25H31N3O5/c1-15(2)17-12-19-22(20(29)13-17)21(18-7-4-3-6-16(18)14-27)23(24(30)28-19)25(31)33-10-5-9-32-11-8-26/h3-4,6-7,15,17,21,23H,5,8-13,26H2,1-2H3,(H,28,30). The zero-order chi connectivity index (χ0) is 24.0. The van der Waals surface area contributed by atoms with E-state index in [9.17, 15) is 19.6 Å². The number of hydrogen-bond donors (Lipinski definition) is 2. The number of benzene rings is 1. The molecule has 0 aromatic heterocycles. The van der Waals surface area contributed by atoms with Crippen LogP contribution >= 0.6 is 0 Å². The molecular weight excluding hydrogens is 422 g/mol. The first-order valence-corrected chi connectivity index (χ1v) is 11.4. The number of ketones is 1. The maximum absolute atomic E-state index is 13.3. The predicted molar refractivity (Wildman–Crippen MR) is 121 cm³/mol. The molecule has 3 N–H and O–H groups in total. The molecule has 33 heavy (non-hydrogen) atoms. The first-order chi connectivity index (χ1) is 15.9. The van der Waals surface area contributed by atoms with Crippen LogP contribution in [0.25, 0.3) is 0 Å². The number of nitrogens with one attached hydrogen (secondary N) is 1. The maximum atomic E-state index is 13.3. The van der Waals surface area contributed by atoms with Gasteiger partial charge in [-0.2, -0.15) is 5.26 Å². The molecule has 1 heterocycles. The molecule has 3 unspecified atom stereocenters. The summed E-state index contributed by atoms with van der Waals surface area (Å²) in [6.45, 7) is 5.39. The average molecular weight is 454 g/mol. The lowest BCUT2D eigenvalue weighted by molar-refractivity contribution is -0.154. The molecule has 8 nitrogen and oxygen atoms in total. The Hall–Kier alpha value is -3.02. The van der Waals surface area contributed by atoms with Crippen LogP contribution in [0.4, 0.5) is 0 Å². The van der Waals surface area contributed by atoms with Gasteiger partial charge >= 0.3 is 5.97 Å². The summed E-state index contributed by atoms with van der Waals surface area (Å²) in [4.78, 5) is 39.5. The van der Waals surface area contributed by atoms with Crippen LogP contribution in [0.1, 0.15) is 50.2 Å². The Bertz CT molecular complexity index is 978. The summed E-state index contributed by atoms with van der Waals surface area (Å²) in [5.41, 5.74) is 7.18. The molecule has 1 aliphatic carbocycles. The minimum absolute atomic E-state index is 0.0784. The van der Waals surface area contributed by atoms with Crippen LogP contribution in [0.2, 0.25) is 0 Å². The summed E-state index contributed by atoms with van der Waals surface area (Å²) >= 11 is 0. The molecule has 176 valence electrons. The molecule has 1 amide bonds. The number of nitrogens with zero attached hydrogens (tertiary/aromatic N) is 1. The molecular formula is C25H31N3O5.